The van der Waals surface area contributed by atoms with Crippen LogP contribution in [0.4, 0.5) is 5.95 Å². The van der Waals surface area contributed by atoms with Crippen LogP contribution in [-0.2, 0) is 0 Å². The minimum absolute atomic E-state index is 0.0438. The van der Waals surface area contributed by atoms with Crippen molar-refractivity contribution in [2.75, 3.05) is 5.73 Å². The fraction of sp³-hybridized carbons (Fsp3) is 0.455. The first kappa shape index (κ1) is 12.3. The average molecular weight is 248 g/mol. The van der Waals surface area contributed by atoms with Crippen molar-refractivity contribution >= 4 is 5.95 Å². The third-order valence-electron chi connectivity index (χ3n) is 2.33. The van der Waals surface area contributed by atoms with Crippen LogP contribution in [0.3, 0.4) is 0 Å². The summed E-state index contributed by atoms with van der Waals surface area (Å²) in [6.45, 7) is 4.06. The highest BCUT2D eigenvalue weighted by Crippen LogP contribution is 2.11. The summed E-state index contributed by atoms with van der Waals surface area (Å²) < 4.78 is 7.10. The molecule has 0 bridgehead atoms. The van der Waals surface area contributed by atoms with Gasteiger partial charge in [0.1, 0.15) is 0 Å². The molecule has 2 N–H and O–H groups in total. The molecule has 0 saturated carbocycles. The van der Waals surface area contributed by atoms with Crippen molar-refractivity contribution in [2.24, 2.45) is 0 Å². The molecule has 0 spiro atoms. The fourth-order valence-corrected chi connectivity index (χ4v) is 1.55. The normalized spacial score (nSPS) is 12.3. The third-order valence-corrected chi connectivity index (χ3v) is 2.33. The summed E-state index contributed by atoms with van der Waals surface area (Å²) in [5, 5.41) is 4.04. The van der Waals surface area contributed by atoms with Crippen LogP contribution in [0.15, 0.2) is 18.5 Å². The van der Waals surface area contributed by atoms with Gasteiger partial charge in [-0.1, -0.05) is 13.3 Å². The number of nitrogen functional groups attached to an aromatic ring is 1. The summed E-state index contributed by atoms with van der Waals surface area (Å²) in [4.78, 5) is 12.1. The highest BCUT2D eigenvalue weighted by Gasteiger charge is 2.10. The van der Waals surface area contributed by atoms with Crippen LogP contribution in [0, 0.1) is 0 Å². The van der Waals surface area contributed by atoms with Crippen LogP contribution in [0.2, 0.25) is 0 Å². The number of aromatic nitrogens is 5. The molecule has 0 amide bonds. The molecular formula is C11H16N6O. The van der Waals surface area contributed by atoms with E-state index in [9.17, 15) is 0 Å². The Morgan fingerprint density at radius 1 is 1.39 bits per heavy atom. The van der Waals surface area contributed by atoms with Gasteiger partial charge in [-0.2, -0.15) is 20.1 Å². The van der Waals surface area contributed by atoms with Gasteiger partial charge in [-0.3, -0.25) is 0 Å². The second-order valence-corrected chi connectivity index (χ2v) is 3.94. The topological polar surface area (TPSA) is 91.7 Å². The molecule has 96 valence electrons. The van der Waals surface area contributed by atoms with Gasteiger partial charge >= 0.3 is 6.01 Å². The molecule has 0 aliphatic carbocycles. The van der Waals surface area contributed by atoms with Crippen molar-refractivity contribution in [3.8, 4) is 12.0 Å². The summed E-state index contributed by atoms with van der Waals surface area (Å²) in [5.74, 6) is 0.473. The standard InChI is InChI=1S/C11H16N6O/c1-3-5-8(2)18-11-15-9(12)14-10(16-11)17-7-4-6-13-17/h4,6-8H,3,5H2,1-2H3,(H2,12,14,15,16). The zero-order chi connectivity index (χ0) is 13.0. The second kappa shape index (κ2) is 5.44. The molecule has 7 heteroatoms. The van der Waals surface area contributed by atoms with E-state index < -0.39 is 0 Å². The van der Waals surface area contributed by atoms with Crippen LogP contribution < -0.4 is 10.5 Å². The smallest absolute Gasteiger partial charge is 0.323 e. The molecule has 1 unspecified atom stereocenters. The number of anilines is 1. The van der Waals surface area contributed by atoms with Crippen LogP contribution in [0.5, 0.6) is 6.01 Å². The van der Waals surface area contributed by atoms with E-state index >= 15 is 0 Å². The van der Waals surface area contributed by atoms with Crippen LogP contribution in [0.1, 0.15) is 26.7 Å². The van der Waals surface area contributed by atoms with E-state index in [1.54, 1.807) is 18.5 Å². The molecule has 2 aromatic heterocycles. The summed E-state index contributed by atoms with van der Waals surface area (Å²) in [5.41, 5.74) is 5.63. The van der Waals surface area contributed by atoms with Crippen LogP contribution in [0.25, 0.3) is 5.95 Å². The Bertz CT molecular complexity index is 498. The van der Waals surface area contributed by atoms with E-state index in [-0.39, 0.29) is 18.1 Å². The zero-order valence-electron chi connectivity index (χ0n) is 10.4. The Morgan fingerprint density at radius 3 is 2.89 bits per heavy atom. The minimum Gasteiger partial charge on any atom is -0.460 e. The maximum absolute atomic E-state index is 5.63. The molecule has 7 nitrogen and oxygen atoms in total. The maximum atomic E-state index is 5.63. The SMILES string of the molecule is CCCC(C)Oc1nc(N)nc(-n2cccn2)n1. The predicted octanol–water partition coefficient (Wildman–Crippen LogP) is 1.21. The molecule has 0 saturated heterocycles. The number of rotatable bonds is 5. The van der Waals surface area contributed by atoms with Crippen molar-refractivity contribution in [1.82, 2.24) is 24.7 Å². The highest BCUT2D eigenvalue weighted by atomic mass is 16.5. The molecule has 0 aliphatic heterocycles. The summed E-state index contributed by atoms with van der Waals surface area (Å²) in [7, 11) is 0. The van der Waals surface area contributed by atoms with Crippen molar-refractivity contribution in [2.45, 2.75) is 32.8 Å². The predicted molar refractivity (Wildman–Crippen MR) is 66.4 cm³/mol. The average Bonchev–Trinajstić information content (AvgIpc) is 2.81. The molecule has 0 radical (unpaired) electrons. The summed E-state index contributed by atoms with van der Waals surface area (Å²) in [6, 6.07) is 2.01. The van der Waals surface area contributed by atoms with Gasteiger partial charge in [0.15, 0.2) is 0 Å². The largest absolute Gasteiger partial charge is 0.460 e. The lowest BCUT2D eigenvalue weighted by atomic mass is 10.2. The Balaban J connectivity index is 2.22. The summed E-state index contributed by atoms with van der Waals surface area (Å²) >= 11 is 0. The lowest BCUT2D eigenvalue weighted by molar-refractivity contribution is 0.192. The van der Waals surface area contributed by atoms with Gasteiger partial charge < -0.3 is 10.5 Å². The van der Waals surface area contributed by atoms with Crippen molar-refractivity contribution in [3.63, 3.8) is 0 Å². The van der Waals surface area contributed by atoms with Crippen LogP contribution >= 0.6 is 0 Å². The number of hydrogen-bond donors (Lipinski definition) is 1. The van der Waals surface area contributed by atoms with Gasteiger partial charge in [0.25, 0.3) is 5.95 Å². The third kappa shape index (κ3) is 2.93. The Labute approximate surface area is 105 Å². The number of ether oxygens (including phenoxy) is 1. The first-order valence-electron chi connectivity index (χ1n) is 5.87. The molecule has 0 aliphatic rings. The van der Waals surface area contributed by atoms with E-state index in [1.165, 1.54) is 4.68 Å². The van der Waals surface area contributed by atoms with Gasteiger partial charge in [-0.15, -0.1) is 0 Å². The molecule has 2 rings (SSSR count). The van der Waals surface area contributed by atoms with Gasteiger partial charge in [0.05, 0.1) is 6.10 Å². The first-order valence-corrected chi connectivity index (χ1v) is 5.87. The van der Waals surface area contributed by atoms with Gasteiger partial charge in [0.2, 0.25) is 5.95 Å². The molecule has 18 heavy (non-hydrogen) atoms. The number of nitrogens with two attached hydrogens (primary N) is 1. The van der Waals surface area contributed by atoms with Crippen molar-refractivity contribution in [3.05, 3.63) is 18.5 Å². The molecule has 0 aromatic carbocycles. The lowest BCUT2D eigenvalue weighted by Gasteiger charge is -2.12. The van der Waals surface area contributed by atoms with E-state index in [1.807, 2.05) is 6.92 Å². The molecule has 2 aromatic rings. The molecular weight excluding hydrogens is 232 g/mol. The Hall–Kier alpha value is -2.18. The van der Waals surface area contributed by atoms with Gasteiger partial charge in [0, 0.05) is 12.4 Å². The Morgan fingerprint density at radius 2 is 2.22 bits per heavy atom. The number of hydrogen-bond acceptors (Lipinski definition) is 6. The molecule has 0 fully saturated rings. The highest BCUT2D eigenvalue weighted by molar-refractivity contribution is 5.24. The lowest BCUT2D eigenvalue weighted by Crippen LogP contribution is -2.15. The quantitative estimate of drug-likeness (QED) is 0.855. The Kier molecular flexibility index (Phi) is 3.71. The van der Waals surface area contributed by atoms with Crippen molar-refractivity contribution < 1.29 is 4.74 Å². The molecule has 1 atom stereocenters. The number of nitrogens with zero attached hydrogens (tertiary/aromatic N) is 5. The van der Waals surface area contributed by atoms with Gasteiger partial charge in [-0.25, -0.2) is 4.68 Å². The maximum Gasteiger partial charge on any atom is 0.323 e. The fourth-order valence-electron chi connectivity index (χ4n) is 1.55. The van der Waals surface area contributed by atoms with E-state index in [2.05, 4.69) is 27.0 Å². The summed E-state index contributed by atoms with van der Waals surface area (Å²) in [6.07, 6.45) is 5.38. The van der Waals surface area contributed by atoms with E-state index in [0.29, 0.717) is 5.95 Å². The first-order chi connectivity index (χ1) is 8.69. The van der Waals surface area contributed by atoms with E-state index in [4.69, 9.17) is 10.5 Å². The zero-order valence-corrected chi connectivity index (χ0v) is 10.4. The molecule has 2 heterocycles. The monoisotopic (exact) mass is 248 g/mol. The second-order valence-electron chi connectivity index (χ2n) is 3.94. The van der Waals surface area contributed by atoms with Crippen molar-refractivity contribution in [1.29, 1.82) is 0 Å². The van der Waals surface area contributed by atoms with Crippen LogP contribution in [-0.4, -0.2) is 30.8 Å². The van der Waals surface area contributed by atoms with E-state index in [0.717, 1.165) is 12.8 Å². The van der Waals surface area contributed by atoms with Gasteiger partial charge in [-0.05, 0) is 19.4 Å². The minimum atomic E-state index is 0.0438.